The van der Waals surface area contributed by atoms with Gasteiger partial charge in [0.15, 0.2) is 5.13 Å². The monoisotopic (exact) mass is 336 g/mol. The maximum absolute atomic E-state index is 12.6. The molecule has 5 nitrogen and oxygen atoms in total. The first-order valence-electron chi connectivity index (χ1n) is 7.80. The van der Waals surface area contributed by atoms with Crippen LogP contribution in [0.4, 0.5) is 16.6 Å². The molecule has 0 fully saturated rings. The smallest absolute Gasteiger partial charge is 0.233 e. The Morgan fingerprint density at radius 3 is 2.96 bits per heavy atom. The Morgan fingerprint density at radius 1 is 1.21 bits per heavy atom. The van der Waals surface area contributed by atoms with E-state index < -0.39 is 0 Å². The summed E-state index contributed by atoms with van der Waals surface area (Å²) in [6.45, 7) is 0.751. The third-order valence-electron chi connectivity index (χ3n) is 3.97. The number of rotatable bonds is 4. The molecule has 1 aliphatic heterocycles. The molecule has 0 unspecified atom stereocenters. The van der Waals surface area contributed by atoms with Crippen LogP contribution in [0.2, 0.25) is 0 Å². The molecule has 1 amide bonds. The van der Waals surface area contributed by atoms with E-state index >= 15 is 0 Å². The van der Waals surface area contributed by atoms with Crippen molar-refractivity contribution in [1.82, 2.24) is 9.97 Å². The van der Waals surface area contributed by atoms with Crippen molar-refractivity contribution in [2.45, 2.75) is 12.8 Å². The van der Waals surface area contributed by atoms with E-state index in [-0.39, 0.29) is 5.91 Å². The van der Waals surface area contributed by atoms with Gasteiger partial charge in [0.05, 0.1) is 12.1 Å². The number of para-hydroxylation sites is 1. The number of carbonyl (C=O) groups is 1. The highest BCUT2D eigenvalue weighted by molar-refractivity contribution is 7.13. The zero-order valence-electron chi connectivity index (χ0n) is 13.0. The number of pyridine rings is 1. The molecular weight excluding hydrogens is 320 g/mol. The van der Waals surface area contributed by atoms with Crippen LogP contribution < -0.4 is 10.2 Å². The number of fused-ring (bicyclic) bond motifs is 1. The van der Waals surface area contributed by atoms with Gasteiger partial charge in [0.1, 0.15) is 5.82 Å². The van der Waals surface area contributed by atoms with Crippen molar-refractivity contribution < 1.29 is 4.79 Å². The highest BCUT2D eigenvalue weighted by Crippen LogP contribution is 2.28. The summed E-state index contributed by atoms with van der Waals surface area (Å²) < 4.78 is 0. The lowest BCUT2D eigenvalue weighted by Crippen LogP contribution is -2.30. The van der Waals surface area contributed by atoms with Gasteiger partial charge in [-0.3, -0.25) is 4.79 Å². The van der Waals surface area contributed by atoms with E-state index in [9.17, 15) is 4.79 Å². The molecular formula is C18H16N4OS. The van der Waals surface area contributed by atoms with Crippen LogP contribution in [0.5, 0.6) is 0 Å². The second-order valence-electron chi connectivity index (χ2n) is 5.58. The van der Waals surface area contributed by atoms with Crippen LogP contribution in [0.15, 0.2) is 54.0 Å². The van der Waals surface area contributed by atoms with Crippen molar-refractivity contribution in [3.8, 4) is 0 Å². The Balaban J connectivity index is 1.44. The molecule has 0 radical (unpaired) electrons. The Morgan fingerprint density at radius 2 is 2.08 bits per heavy atom. The van der Waals surface area contributed by atoms with Crippen LogP contribution in [-0.4, -0.2) is 22.4 Å². The number of benzene rings is 1. The zero-order chi connectivity index (χ0) is 16.4. The molecule has 0 spiro atoms. The molecule has 24 heavy (non-hydrogen) atoms. The van der Waals surface area contributed by atoms with Crippen molar-refractivity contribution in [3.63, 3.8) is 0 Å². The maximum Gasteiger partial charge on any atom is 0.233 e. The minimum Gasteiger partial charge on any atom is -0.316 e. The van der Waals surface area contributed by atoms with Crippen molar-refractivity contribution >= 4 is 33.9 Å². The highest BCUT2D eigenvalue weighted by atomic mass is 32.1. The van der Waals surface area contributed by atoms with Crippen molar-refractivity contribution in [2.24, 2.45) is 0 Å². The van der Waals surface area contributed by atoms with Gasteiger partial charge in [-0.1, -0.05) is 24.3 Å². The van der Waals surface area contributed by atoms with E-state index in [0.29, 0.717) is 6.42 Å². The number of nitrogens with zero attached hydrogens (tertiary/aromatic N) is 3. The van der Waals surface area contributed by atoms with Gasteiger partial charge < -0.3 is 10.2 Å². The summed E-state index contributed by atoms with van der Waals surface area (Å²) in [4.78, 5) is 23.2. The van der Waals surface area contributed by atoms with Crippen molar-refractivity contribution in [1.29, 1.82) is 0 Å². The van der Waals surface area contributed by atoms with E-state index in [2.05, 4.69) is 21.4 Å². The first-order valence-corrected chi connectivity index (χ1v) is 8.68. The Labute approximate surface area is 144 Å². The average molecular weight is 336 g/mol. The van der Waals surface area contributed by atoms with Gasteiger partial charge in [-0.25, -0.2) is 9.97 Å². The van der Waals surface area contributed by atoms with E-state index in [4.69, 9.17) is 0 Å². The third-order valence-corrected chi connectivity index (χ3v) is 4.78. The molecule has 0 bridgehead atoms. The van der Waals surface area contributed by atoms with Gasteiger partial charge >= 0.3 is 0 Å². The first-order chi connectivity index (χ1) is 11.8. The fourth-order valence-electron chi connectivity index (χ4n) is 2.84. The van der Waals surface area contributed by atoms with Gasteiger partial charge in [-0.05, 0) is 30.2 Å². The molecule has 0 atom stereocenters. The SMILES string of the molecule is O=C(Cc1csc(Nc2ccccn2)n1)N1CCc2ccccc21. The van der Waals surface area contributed by atoms with Crippen LogP contribution in [0.25, 0.3) is 0 Å². The maximum atomic E-state index is 12.6. The lowest BCUT2D eigenvalue weighted by Gasteiger charge is -2.16. The van der Waals surface area contributed by atoms with Crippen LogP contribution in [0.3, 0.4) is 0 Å². The van der Waals surface area contributed by atoms with E-state index in [1.165, 1.54) is 16.9 Å². The molecule has 1 N–H and O–H groups in total. The second-order valence-corrected chi connectivity index (χ2v) is 6.44. The van der Waals surface area contributed by atoms with Crippen molar-refractivity contribution in [3.05, 3.63) is 65.3 Å². The molecule has 6 heteroatoms. The molecule has 3 heterocycles. The third kappa shape index (κ3) is 3.00. The van der Waals surface area contributed by atoms with Gasteiger partial charge in [0.2, 0.25) is 5.91 Å². The number of anilines is 3. The highest BCUT2D eigenvalue weighted by Gasteiger charge is 2.24. The van der Waals surface area contributed by atoms with Gasteiger partial charge in [0.25, 0.3) is 0 Å². The topological polar surface area (TPSA) is 58.1 Å². The first kappa shape index (κ1) is 14.8. The summed E-state index contributed by atoms with van der Waals surface area (Å²) in [7, 11) is 0. The average Bonchev–Trinajstić information content (AvgIpc) is 3.22. The van der Waals surface area contributed by atoms with Gasteiger partial charge in [-0.15, -0.1) is 11.3 Å². The molecule has 3 aromatic rings. The second kappa shape index (κ2) is 6.41. The quantitative estimate of drug-likeness (QED) is 0.793. The predicted octanol–water partition coefficient (Wildman–Crippen LogP) is 3.41. The summed E-state index contributed by atoms with van der Waals surface area (Å²) in [6.07, 6.45) is 2.96. The normalized spacial score (nSPS) is 12.9. The molecule has 0 aliphatic carbocycles. The van der Waals surface area contributed by atoms with Crippen molar-refractivity contribution in [2.75, 3.05) is 16.8 Å². The van der Waals surface area contributed by atoms with Crippen LogP contribution in [0, 0.1) is 0 Å². The molecule has 2 aromatic heterocycles. The fourth-order valence-corrected chi connectivity index (χ4v) is 3.56. The lowest BCUT2D eigenvalue weighted by molar-refractivity contribution is -0.117. The molecule has 1 aliphatic rings. The molecule has 0 saturated heterocycles. The van der Waals surface area contributed by atoms with Crippen LogP contribution in [0.1, 0.15) is 11.3 Å². The summed E-state index contributed by atoms with van der Waals surface area (Å²) in [5.74, 6) is 0.841. The largest absolute Gasteiger partial charge is 0.316 e. The summed E-state index contributed by atoms with van der Waals surface area (Å²) in [6, 6.07) is 13.7. The number of hydrogen-bond acceptors (Lipinski definition) is 5. The fraction of sp³-hybridized carbons (Fsp3) is 0.167. The van der Waals surface area contributed by atoms with E-state index in [1.807, 2.05) is 46.7 Å². The molecule has 0 saturated carbocycles. The zero-order valence-corrected chi connectivity index (χ0v) is 13.8. The number of carbonyl (C=O) groups excluding carboxylic acids is 1. The number of thiazole rings is 1. The Hall–Kier alpha value is -2.73. The summed E-state index contributed by atoms with van der Waals surface area (Å²) >= 11 is 1.48. The molecule has 120 valence electrons. The minimum absolute atomic E-state index is 0.0923. The Kier molecular flexibility index (Phi) is 3.96. The Bertz CT molecular complexity index is 862. The number of nitrogens with one attached hydrogen (secondary N) is 1. The minimum atomic E-state index is 0.0923. The van der Waals surface area contributed by atoms with Crippen LogP contribution >= 0.6 is 11.3 Å². The molecule has 4 rings (SSSR count). The lowest BCUT2D eigenvalue weighted by atomic mass is 10.2. The summed E-state index contributed by atoms with van der Waals surface area (Å²) in [5.41, 5.74) is 3.05. The van der Waals surface area contributed by atoms with Gasteiger partial charge in [-0.2, -0.15) is 0 Å². The number of aromatic nitrogens is 2. The van der Waals surface area contributed by atoms with Gasteiger partial charge in [0, 0.05) is 23.8 Å². The molecule has 1 aromatic carbocycles. The number of hydrogen-bond donors (Lipinski definition) is 1. The summed E-state index contributed by atoms with van der Waals surface area (Å²) in [5, 5.41) is 5.82. The standard InChI is InChI=1S/C18H16N4OS/c23-17(22-10-8-13-5-1-2-6-15(13)22)11-14-12-24-18(20-14)21-16-7-3-4-9-19-16/h1-7,9,12H,8,10-11H2,(H,19,20,21). The van der Waals surface area contributed by atoms with E-state index in [1.54, 1.807) is 6.20 Å². The van der Waals surface area contributed by atoms with E-state index in [0.717, 1.165) is 35.3 Å². The predicted molar refractivity (Wildman–Crippen MR) is 95.8 cm³/mol. The number of amides is 1. The van der Waals surface area contributed by atoms with Crippen LogP contribution in [-0.2, 0) is 17.6 Å².